The Morgan fingerprint density at radius 2 is 2.27 bits per heavy atom. The van der Waals surface area contributed by atoms with Crippen LogP contribution in [0.5, 0.6) is 0 Å². The smallest absolute Gasteiger partial charge is 0.235 e. The summed E-state index contributed by atoms with van der Waals surface area (Å²) in [4.78, 5) is 14.5. The number of amides is 1. The van der Waals surface area contributed by atoms with E-state index < -0.39 is 5.54 Å². The summed E-state index contributed by atoms with van der Waals surface area (Å²) in [6.45, 7) is 3.80. The van der Waals surface area contributed by atoms with Crippen LogP contribution in [-0.2, 0) is 16.1 Å². The van der Waals surface area contributed by atoms with Crippen molar-refractivity contribution in [3.8, 4) is 6.07 Å². The van der Waals surface area contributed by atoms with Crippen molar-refractivity contribution in [3.05, 3.63) is 35.6 Å². The minimum atomic E-state index is -0.800. The van der Waals surface area contributed by atoms with E-state index in [0.29, 0.717) is 13.1 Å². The second-order valence-corrected chi connectivity index (χ2v) is 7.57. The molecule has 2 aliphatic rings. The molecule has 2 unspecified atom stereocenters. The Kier molecular flexibility index (Phi) is 5.90. The van der Waals surface area contributed by atoms with Gasteiger partial charge in [-0.05, 0) is 56.2 Å². The average molecular weight is 359 g/mol. The Bertz CT molecular complexity index is 680. The van der Waals surface area contributed by atoms with Crippen molar-refractivity contribution in [1.29, 1.82) is 5.26 Å². The monoisotopic (exact) mass is 359 g/mol. The highest BCUT2D eigenvalue weighted by Gasteiger charge is 2.43. The molecule has 1 amide bonds. The number of halogens is 1. The standard InChI is InChI=1S/C20H26FN3O2/c1-20(14-22,16-7-8-16)23-19(25)13-24(12-18-6-3-9-26-18)11-15-4-2-5-17(21)10-15/h2,4-5,10,16,18H,3,6-9,11-13H2,1H3,(H,23,25). The molecule has 1 aromatic carbocycles. The summed E-state index contributed by atoms with van der Waals surface area (Å²) in [5, 5.41) is 12.3. The van der Waals surface area contributed by atoms with Crippen molar-refractivity contribution in [1.82, 2.24) is 10.2 Å². The maximum absolute atomic E-state index is 13.5. The summed E-state index contributed by atoms with van der Waals surface area (Å²) in [7, 11) is 0. The lowest BCUT2D eigenvalue weighted by Crippen LogP contribution is -2.50. The zero-order chi connectivity index (χ0) is 18.6. The Labute approximate surface area is 154 Å². The molecule has 5 nitrogen and oxygen atoms in total. The van der Waals surface area contributed by atoms with Gasteiger partial charge in [-0.2, -0.15) is 5.26 Å². The Balaban J connectivity index is 1.64. The van der Waals surface area contributed by atoms with E-state index in [2.05, 4.69) is 11.4 Å². The summed E-state index contributed by atoms with van der Waals surface area (Å²) in [6, 6.07) is 8.68. The number of ether oxygens (including phenoxy) is 1. The van der Waals surface area contributed by atoms with Gasteiger partial charge in [0.15, 0.2) is 0 Å². The van der Waals surface area contributed by atoms with Crippen LogP contribution in [0, 0.1) is 23.1 Å². The zero-order valence-corrected chi connectivity index (χ0v) is 15.2. The van der Waals surface area contributed by atoms with Crippen molar-refractivity contribution in [3.63, 3.8) is 0 Å². The van der Waals surface area contributed by atoms with Crippen LogP contribution in [0.3, 0.4) is 0 Å². The van der Waals surface area contributed by atoms with Crippen molar-refractivity contribution >= 4 is 5.91 Å². The minimum Gasteiger partial charge on any atom is -0.377 e. The molecule has 26 heavy (non-hydrogen) atoms. The van der Waals surface area contributed by atoms with Crippen molar-refractivity contribution in [2.75, 3.05) is 19.7 Å². The maximum atomic E-state index is 13.5. The second kappa shape index (κ2) is 8.15. The molecule has 1 aliphatic heterocycles. The van der Waals surface area contributed by atoms with Crippen LogP contribution in [0.15, 0.2) is 24.3 Å². The molecule has 2 fully saturated rings. The fourth-order valence-corrected chi connectivity index (χ4v) is 3.57. The van der Waals surface area contributed by atoms with Crippen molar-refractivity contribution in [2.24, 2.45) is 5.92 Å². The molecule has 0 bridgehead atoms. The molecule has 140 valence electrons. The van der Waals surface area contributed by atoms with Crippen LogP contribution >= 0.6 is 0 Å². The fourth-order valence-electron chi connectivity index (χ4n) is 3.57. The number of benzene rings is 1. The topological polar surface area (TPSA) is 65.4 Å². The van der Waals surface area contributed by atoms with Crippen LogP contribution in [0.25, 0.3) is 0 Å². The molecular formula is C20H26FN3O2. The molecule has 1 N–H and O–H groups in total. The van der Waals surface area contributed by atoms with Gasteiger partial charge in [0.1, 0.15) is 11.4 Å². The van der Waals surface area contributed by atoms with Gasteiger partial charge in [-0.3, -0.25) is 9.69 Å². The maximum Gasteiger partial charge on any atom is 0.235 e. The zero-order valence-electron chi connectivity index (χ0n) is 15.2. The van der Waals surface area contributed by atoms with E-state index in [-0.39, 0.29) is 30.3 Å². The third-order valence-electron chi connectivity index (χ3n) is 5.17. The van der Waals surface area contributed by atoms with Crippen molar-refractivity contribution in [2.45, 2.75) is 50.8 Å². The summed E-state index contributed by atoms with van der Waals surface area (Å²) in [6.07, 6.45) is 4.06. The Morgan fingerprint density at radius 3 is 2.88 bits per heavy atom. The molecule has 2 atom stereocenters. The van der Waals surface area contributed by atoms with Crippen LogP contribution < -0.4 is 5.32 Å². The lowest BCUT2D eigenvalue weighted by Gasteiger charge is -2.28. The first-order chi connectivity index (χ1) is 12.5. The SMILES string of the molecule is CC(C#N)(NC(=O)CN(Cc1cccc(F)c1)CC1CCCO1)C1CC1. The third kappa shape index (κ3) is 5.03. The fraction of sp³-hybridized carbons (Fsp3) is 0.600. The molecule has 0 radical (unpaired) electrons. The van der Waals surface area contributed by atoms with E-state index in [1.165, 1.54) is 12.1 Å². The second-order valence-electron chi connectivity index (χ2n) is 7.57. The first kappa shape index (κ1) is 18.8. The number of hydrogen-bond acceptors (Lipinski definition) is 4. The lowest BCUT2D eigenvalue weighted by molar-refractivity contribution is -0.124. The summed E-state index contributed by atoms with van der Waals surface area (Å²) in [5.41, 5.74) is 0.0203. The van der Waals surface area contributed by atoms with E-state index in [4.69, 9.17) is 4.74 Å². The number of nitriles is 1. The number of carbonyl (C=O) groups is 1. The molecule has 0 aromatic heterocycles. The van der Waals surface area contributed by atoms with Gasteiger partial charge >= 0.3 is 0 Å². The third-order valence-corrected chi connectivity index (χ3v) is 5.17. The van der Waals surface area contributed by atoms with Gasteiger partial charge in [-0.1, -0.05) is 12.1 Å². The van der Waals surface area contributed by atoms with Gasteiger partial charge in [0.05, 0.1) is 18.7 Å². The van der Waals surface area contributed by atoms with Crippen LogP contribution in [0.4, 0.5) is 4.39 Å². The van der Waals surface area contributed by atoms with Gasteiger partial charge in [0, 0.05) is 19.7 Å². The highest BCUT2D eigenvalue weighted by molar-refractivity contribution is 5.79. The van der Waals surface area contributed by atoms with Crippen LogP contribution in [-0.4, -0.2) is 42.1 Å². The van der Waals surface area contributed by atoms with E-state index in [1.54, 1.807) is 13.0 Å². The molecule has 1 aliphatic carbocycles. The van der Waals surface area contributed by atoms with E-state index in [1.807, 2.05) is 11.0 Å². The summed E-state index contributed by atoms with van der Waals surface area (Å²) < 4.78 is 19.2. The Morgan fingerprint density at radius 1 is 1.46 bits per heavy atom. The van der Waals surface area contributed by atoms with Crippen molar-refractivity contribution < 1.29 is 13.9 Å². The predicted molar refractivity (Wildman–Crippen MR) is 95.5 cm³/mol. The van der Waals surface area contributed by atoms with Gasteiger partial charge in [0.25, 0.3) is 0 Å². The molecule has 1 aromatic rings. The lowest BCUT2D eigenvalue weighted by atomic mass is 9.98. The minimum absolute atomic E-state index is 0.0992. The molecule has 1 heterocycles. The van der Waals surface area contributed by atoms with Crippen LogP contribution in [0.1, 0.15) is 38.2 Å². The predicted octanol–water partition coefficient (Wildman–Crippen LogP) is 2.62. The van der Waals surface area contributed by atoms with Crippen LogP contribution in [0.2, 0.25) is 0 Å². The highest BCUT2D eigenvalue weighted by Crippen LogP contribution is 2.39. The van der Waals surface area contributed by atoms with Gasteiger partial charge in [-0.25, -0.2) is 4.39 Å². The van der Waals surface area contributed by atoms with E-state index >= 15 is 0 Å². The first-order valence-electron chi connectivity index (χ1n) is 9.29. The molecule has 6 heteroatoms. The number of nitrogens with zero attached hydrogens (tertiary/aromatic N) is 2. The Hall–Kier alpha value is -1.97. The number of hydrogen-bond donors (Lipinski definition) is 1. The number of nitrogens with one attached hydrogen (secondary N) is 1. The molecule has 0 spiro atoms. The van der Waals surface area contributed by atoms with E-state index in [0.717, 1.165) is 37.9 Å². The van der Waals surface area contributed by atoms with E-state index in [9.17, 15) is 14.4 Å². The molecule has 1 saturated heterocycles. The molecular weight excluding hydrogens is 333 g/mol. The first-order valence-corrected chi connectivity index (χ1v) is 9.29. The quantitative estimate of drug-likeness (QED) is 0.775. The van der Waals surface area contributed by atoms with Gasteiger partial charge < -0.3 is 10.1 Å². The number of rotatable bonds is 8. The normalized spacial score (nSPS) is 22.0. The average Bonchev–Trinajstić information content (AvgIpc) is 3.34. The summed E-state index contributed by atoms with van der Waals surface area (Å²) >= 11 is 0. The van der Waals surface area contributed by atoms with Gasteiger partial charge in [0.2, 0.25) is 5.91 Å². The largest absolute Gasteiger partial charge is 0.377 e. The summed E-state index contributed by atoms with van der Waals surface area (Å²) in [5.74, 6) is -0.212. The molecule has 1 saturated carbocycles. The number of carbonyl (C=O) groups excluding carboxylic acids is 1. The molecule has 3 rings (SSSR count). The highest BCUT2D eigenvalue weighted by atomic mass is 19.1. The van der Waals surface area contributed by atoms with Gasteiger partial charge in [-0.15, -0.1) is 0 Å².